The highest BCUT2D eigenvalue weighted by Crippen LogP contribution is 2.49. The molecule has 1 unspecified atom stereocenters. The van der Waals surface area contributed by atoms with Crippen LogP contribution >= 0.6 is 0 Å². The third kappa shape index (κ3) is 1.64. The maximum absolute atomic E-state index is 11.9. The van der Waals surface area contributed by atoms with Crippen LogP contribution in [0.3, 0.4) is 0 Å². The average Bonchev–Trinajstić information content (AvgIpc) is 2.45. The van der Waals surface area contributed by atoms with E-state index in [0.29, 0.717) is 12.0 Å². The summed E-state index contributed by atoms with van der Waals surface area (Å²) in [5.41, 5.74) is -0.914. The molecule has 1 aliphatic carbocycles. The first-order valence-corrected chi connectivity index (χ1v) is 6.61. The molecule has 1 aliphatic heterocycles. The lowest BCUT2D eigenvalue weighted by molar-refractivity contribution is -0.599. The first-order chi connectivity index (χ1) is 9.57. The van der Waals surface area contributed by atoms with Gasteiger partial charge in [-0.25, -0.2) is 0 Å². The third-order valence-electron chi connectivity index (χ3n) is 4.52. The molecule has 0 spiro atoms. The number of carbonyl (C=O) groups is 1. The van der Waals surface area contributed by atoms with Crippen LogP contribution in [0, 0.1) is 16.0 Å². The van der Waals surface area contributed by atoms with Crippen molar-refractivity contribution in [2.24, 2.45) is 5.92 Å². The molecule has 1 saturated heterocycles. The molecule has 1 aromatic carbocycles. The van der Waals surface area contributed by atoms with Crippen molar-refractivity contribution in [3.05, 3.63) is 46.0 Å². The minimum Gasteiger partial charge on any atom is -0.458 e. The number of fused-ring (bicyclic) bond motifs is 2. The number of aliphatic hydroxyl groups is 1. The van der Waals surface area contributed by atoms with Crippen LogP contribution in [0.5, 0.6) is 0 Å². The van der Waals surface area contributed by atoms with Gasteiger partial charge in [0.25, 0.3) is 5.54 Å². The second-order valence-electron chi connectivity index (χ2n) is 5.44. The molecule has 0 aromatic heterocycles. The molecule has 2 bridgehead atoms. The summed E-state index contributed by atoms with van der Waals surface area (Å²) in [6, 6.07) is 8.92. The van der Waals surface area contributed by atoms with Gasteiger partial charge < -0.3 is 9.84 Å². The summed E-state index contributed by atoms with van der Waals surface area (Å²) in [6.45, 7) is -0.365. The minimum absolute atomic E-state index is 0.254. The highest BCUT2D eigenvalue weighted by Gasteiger charge is 2.66. The number of cyclic esters (lactones) is 1. The van der Waals surface area contributed by atoms with Crippen molar-refractivity contribution in [2.75, 3.05) is 6.61 Å². The molecule has 0 radical (unpaired) electrons. The third-order valence-corrected chi connectivity index (χ3v) is 4.52. The Kier molecular flexibility index (Phi) is 2.97. The fourth-order valence-corrected chi connectivity index (χ4v) is 3.51. The fraction of sp³-hybridized carbons (Fsp3) is 0.500. The van der Waals surface area contributed by atoms with Gasteiger partial charge in [-0.15, -0.1) is 0 Å². The van der Waals surface area contributed by atoms with E-state index >= 15 is 0 Å². The predicted molar refractivity (Wildman–Crippen MR) is 68.6 cm³/mol. The van der Waals surface area contributed by atoms with Crippen LogP contribution in [0.4, 0.5) is 0 Å². The van der Waals surface area contributed by atoms with Gasteiger partial charge in [0, 0.05) is 4.92 Å². The van der Waals surface area contributed by atoms with Crippen molar-refractivity contribution in [3.63, 3.8) is 0 Å². The number of hydrogen-bond donors (Lipinski definition) is 1. The molecule has 1 N–H and O–H groups in total. The summed E-state index contributed by atoms with van der Waals surface area (Å²) in [4.78, 5) is 23.1. The van der Waals surface area contributed by atoms with Crippen molar-refractivity contribution < 1.29 is 19.6 Å². The predicted octanol–water partition coefficient (Wildman–Crippen LogP) is 1.11. The molecular weight excluding hydrogens is 262 g/mol. The molecule has 2 aliphatic rings. The van der Waals surface area contributed by atoms with E-state index < -0.39 is 34.4 Å². The highest BCUT2D eigenvalue weighted by atomic mass is 16.6. The molecule has 2 fully saturated rings. The van der Waals surface area contributed by atoms with E-state index in [1.165, 1.54) is 0 Å². The van der Waals surface area contributed by atoms with Crippen molar-refractivity contribution in [1.29, 1.82) is 0 Å². The van der Waals surface area contributed by atoms with Crippen molar-refractivity contribution in [1.82, 2.24) is 0 Å². The Morgan fingerprint density at radius 2 is 2.00 bits per heavy atom. The zero-order valence-electron chi connectivity index (χ0n) is 10.8. The van der Waals surface area contributed by atoms with Crippen LogP contribution in [0.15, 0.2) is 30.3 Å². The zero-order chi connectivity index (χ0) is 14.3. The van der Waals surface area contributed by atoms with Gasteiger partial charge in [0.05, 0.1) is 11.8 Å². The Hall–Kier alpha value is -1.95. The molecule has 106 valence electrons. The van der Waals surface area contributed by atoms with E-state index in [1.54, 1.807) is 24.3 Å². The number of esters is 1. The Morgan fingerprint density at radius 1 is 1.30 bits per heavy atom. The van der Waals surface area contributed by atoms with Crippen LogP contribution < -0.4 is 0 Å². The number of benzene rings is 1. The molecular formula is C14H15NO5. The molecule has 1 aromatic rings. The van der Waals surface area contributed by atoms with Crippen molar-refractivity contribution in [2.45, 2.75) is 30.4 Å². The van der Waals surface area contributed by atoms with Crippen LogP contribution in [0.25, 0.3) is 0 Å². The topological polar surface area (TPSA) is 89.7 Å². The van der Waals surface area contributed by atoms with Gasteiger partial charge in [0.2, 0.25) is 0 Å². The van der Waals surface area contributed by atoms with E-state index in [-0.39, 0.29) is 13.0 Å². The number of nitrogens with zero attached hydrogens (tertiary/aromatic N) is 1. The maximum atomic E-state index is 11.9. The molecule has 1 heterocycles. The Balaban J connectivity index is 2.15. The van der Waals surface area contributed by atoms with Crippen LogP contribution in [-0.4, -0.2) is 34.2 Å². The summed E-state index contributed by atoms with van der Waals surface area (Å²) < 4.78 is 4.99. The largest absolute Gasteiger partial charge is 0.458 e. The Bertz CT molecular complexity index is 546. The SMILES string of the molecule is O=C1OC[C@]2([N+](=O)[O-])C(c3ccccc3)[C@@H]1CC[C@@H]2O. The van der Waals surface area contributed by atoms with Crippen LogP contribution in [-0.2, 0) is 9.53 Å². The number of rotatable bonds is 2. The lowest BCUT2D eigenvalue weighted by Gasteiger charge is -2.46. The number of hydrogen-bond acceptors (Lipinski definition) is 5. The highest BCUT2D eigenvalue weighted by molar-refractivity contribution is 5.75. The first kappa shape index (κ1) is 13.1. The van der Waals surface area contributed by atoms with Gasteiger partial charge in [0.1, 0.15) is 6.10 Å². The molecule has 1 saturated carbocycles. The van der Waals surface area contributed by atoms with Gasteiger partial charge in [-0.05, 0) is 18.4 Å². The molecule has 6 heteroatoms. The van der Waals surface area contributed by atoms with E-state index in [9.17, 15) is 20.0 Å². The molecule has 4 atom stereocenters. The van der Waals surface area contributed by atoms with Crippen molar-refractivity contribution in [3.8, 4) is 0 Å². The number of carbonyl (C=O) groups excluding carboxylic acids is 1. The van der Waals surface area contributed by atoms with E-state index in [1.807, 2.05) is 6.07 Å². The Morgan fingerprint density at radius 3 is 2.65 bits per heavy atom. The summed E-state index contributed by atoms with van der Waals surface area (Å²) in [7, 11) is 0. The lowest BCUT2D eigenvalue weighted by atomic mass is 9.62. The molecule has 6 nitrogen and oxygen atoms in total. The van der Waals surface area contributed by atoms with Gasteiger partial charge in [-0.1, -0.05) is 30.3 Å². The first-order valence-electron chi connectivity index (χ1n) is 6.61. The summed E-state index contributed by atoms with van der Waals surface area (Å²) >= 11 is 0. The zero-order valence-corrected chi connectivity index (χ0v) is 10.8. The number of nitro groups is 1. The molecule has 0 amide bonds. The van der Waals surface area contributed by atoms with Crippen LogP contribution in [0.2, 0.25) is 0 Å². The fourth-order valence-electron chi connectivity index (χ4n) is 3.51. The summed E-state index contributed by atoms with van der Waals surface area (Å²) in [5.74, 6) is -1.59. The van der Waals surface area contributed by atoms with Crippen molar-refractivity contribution >= 4 is 5.97 Å². The van der Waals surface area contributed by atoms with E-state index in [0.717, 1.165) is 0 Å². The van der Waals surface area contributed by atoms with E-state index in [2.05, 4.69) is 0 Å². The normalized spacial score (nSPS) is 36.2. The minimum atomic E-state index is -1.63. The van der Waals surface area contributed by atoms with Gasteiger partial charge in [-0.2, -0.15) is 0 Å². The lowest BCUT2D eigenvalue weighted by Crippen LogP contribution is -2.65. The maximum Gasteiger partial charge on any atom is 0.310 e. The summed E-state index contributed by atoms with van der Waals surface area (Å²) in [6.07, 6.45) is -0.439. The monoisotopic (exact) mass is 277 g/mol. The second kappa shape index (κ2) is 4.56. The summed E-state index contributed by atoms with van der Waals surface area (Å²) in [5, 5.41) is 21.9. The van der Waals surface area contributed by atoms with Gasteiger partial charge in [0.15, 0.2) is 6.61 Å². The van der Waals surface area contributed by atoms with E-state index in [4.69, 9.17) is 4.74 Å². The standard InChI is InChI=1S/C14H15NO5/c16-11-7-6-10-12(9-4-2-1-3-5-9)14(11,15(18)19)8-20-13(10)17/h1-5,10-12,16H,6-8H2/t10-,11-,12?,14+/m0/s1. The van der Waals surface area contributed by atoms with Gasteiger partial charge >= 0.3 is 5.97 Å². The average molecular weight is 277 g/mol. The van der Waals surface area contributed by atoms with Crippen LogP contribution in [0.1, 0.15) is 24.3 Å². The number of ether oxygens (including phenoxy) is 1. The second-order valence-corrected chi connectivity index (χ2v) is 5.44. The molecule has 20 heavy (non-hydrogen) atoms. The Labute approximate surface area is 115 Å². The number of aliphatic hydroxyl groups excluding tert-OH is 1. The van der Waals surface area contributed by atoms with Gasteiger partial charge in [-0.3, -0.25) is 14.9 Å². The quantitative estimate of drug-likeness (QED) is 0.497. The molecule has 3 rings (SSSR count). The smallest absolute Gasteiger partial charge is 0.310 e.